The Morgan fingerprint density at radius 3 is 2.59 bits per heavy atom. The largest absolute Gasteiger partial charge is 0.497 e. The standard InChI is InChI=1S/C18H21NO3/c1-4-14-8-5-6-11-17(14)19-18(20)13(2)22-16-10-7-9-15(12-16)21-3/h5-13H,4H2,1-3H3,(H,19,20). The SMILES string of the molecule is CCc1ccccc1NC(=O)C(C)Oc1cccc(OC)c1. The van der Waals surface area contributed by atoms with Crippen LogP contribution in [-0.2, 0) is 11.2 Å². The number of ether oxygens (including phenoxy) is 2. The zero-order chi connectivity index (χ0) is 15.9. The van der Waals surface area contributed by atoms with Crippen molar-refractivity contribution in [1.29, 1.82) is 0 Å². The second kappa shape index (κ2) is 7.50. The lowest BCUT2D eigenvalue weighted by atomic mass is 10.1. The van der Waals surface area contributed by atoms with Crippen molar-refractivity contribution in [2.24, 2.45) is 0 Å². The van der Waals surface area contributed by atoms with Crippen LogP contribution in [0.25, 0.3) is 0 Å². The third-order valence-electron chi connectivity index (χ3n) is 3.38. The molecule has 22 heavy (non-hydrogen) atoms. The van der Waals surface area contributed by atoms with E-state index >= 15 is 0 Å². The van der Waals surface area contributed by atoms with Gasteiger partial charge in [-0.05, 0) is 37.1 Å². The summed E-state index contributed by atoms with van der Waals surface area (Å²) in [5, 5.41) is 2.91. The number of carbonyl (C=O) groups is 1. The fourth-order valence-corrected chi connectivity index (χ4v) is 2.12. The van der Waals surface area contributed by atoms with E-state index in [1.807, 2.05) is 36.4 Å². The molecule has 0 aliphatic carbocycles. The minimum absolute atomic E-state index is 0.177. The van der Waals surface area contributed by atoms with E-state index in [4.69, 9.17) is 9.47 Å². The van der Waals surface area contributed by atoms with Crippen LogP contribution in [0.5, 0.6) is 11.5 Å². The summed E-state index contributed by atoms with van der Waals surface area (Å²) in [6, 6.07) is 15.0. The number of carbonyl (C=O) groups excluding carboxylic acids is 1. The highest BCUT2D eigenvalue weighted by molar-refractivity contribution is 5.94. The van der Waals surface area contributed by atoms with E-state index in [1.165, 1.54) is 0 Å². The molecule has 4 nitrogen and oxygen atoms in total. The Bertz CT molecular complexity index is 640. The van der Waals surface area contributed by atoms with Crippen LogP contribution in [0, 0.1) is 0 Å². The molecule has 0 radical (unpaired) electrons. The topological polar surface area (TPSA) is 47.6 Å². The van der Waals surface area contributed by atoms with Crippen LogP contribution < -0.4 is 14.8 Å². The first-order valence-corrected chi connectivity index (χ1v) is 7.33. The fraction of sp³-hybridized carbons (Fsp3) is 0.278. The Morgan fingerprint density at radius 2 is 1.86 bits per heavy atom. The number of hydrogen-bond donors (Lipinski definition) is 1. The van der Waals surface area contributed by atoms with Gasteiger partial charge in [-0.15, -0.1) is 0 Å². The summed E-state index contributed by atoms with van der Waals surface area (Å²) >= 11 is 0. The molecule has 4 heteroatoms. The van der Waals surface area contributed by atoms with Crippen molar-refractivity contribution in [3.63, 3.8) is 0 Å². The second-order valence-corrected chi connectivity index (χ2v) is 4.94. The molecule has 1 N–H and O–H groups in total. The van der Waals surface area contributed by atoms with Crippen molar-refractivity contribution in [3.8, 4) is 11.5 Å². The van der Waals surface area contributed by atoms with Crippen LogP contribution in [0.2, 0.25) is 0 Å². The van der Waals surface area contributed by atoms with Gasteiger partial charge in [0.1, 0.15) is 11.5 Å². The molecule has 2 aromatic carbocycles. The van der Waals surface area contributed by atoms with Gasteiger partial charge >= 0.3 is 0 Å². The third-order valence-corrected chi connectivity index (χ3v) is 3.38. The number of benzene rings is 2. The molecule has 0 aromatic heterocycles. The lowest BCUT2D eigenvalue weighted by Gasteiger charge is -2.16. The minimum atomic E-state index is -0.600. The van der Waals surface area contributed by atoms with Gasteiger partial charge in [0.25, 0.3) is 5.91 Å². The van der Waals surface area contributed by atoms with E-state index in [-0.39, 0.29) is 5.91 Å². The lowest BCUT2D eigenvalue weighted by Crippen LogP contribution is -2.30. The van der Waals surface area contributed by atoms with Crippen molar-refractivity contribution in [2.75, 3.05) is 12.4 Å². The van der Waals surface area contributed by atoms with E-state index in [0.29, 0.717) is 11.5 Å². The molecule has 0 fully saturated rings. The van der Waals surface area contributed by atoms with Crippen LogP contribution >= 0.6 is 0 Å². The highest BCUT2D eigenvalue weighted by Crippen LogP contribution is 2.21. The summed E-state index contributed by atoms with van der Waals surface area (Å²) in [6.45, 7) is 3.78. The van der Waals surface area contributed by atoms with Gasteiger partial charge in [-0.3, -0.25) is 4.79 Å². The van der Waals surface area contributed by atoms with E-state index in [9.17, 15) is 4.79 Å². The molecule has 1 atom stereocenters. The van der Waals surface area contributed by atoms with Crippen molar-refractivity contribution in [2.45, 2.75) is 26.4 Å². The summed E-state index contributed by atoms with van der Waals surface area (Å²) in [6.07, 6.45) is 0.263. The Kier molecular flexibility index (Phi) is 5.42. The number of para-hydroxylation sites is 1. The molecule has 116 valence electrons. The van der Waals surface area contributed by atoms with Crippen molar-refractivity contribution >= 4 is 11.6 Å². The molecule has 1 unspecified atom stereocenters. The molecule has 0 aliphatic rings. The lowest BCUT2D eigenvalue weighted by molar-refractivity contribution is -0.122. The van der Waals surface area contributed by atoms with Crippen LogP contribution in [-0.4, -0.2) is 19.1 Å². The molecular formula is C18H21NO3. The van der Waals surface area contributed by atoms with Gasteiger partial charge < -0.3 is 14.8 Å². The number of rotatable bonds is 6. The molecule has 0 spiro atoms. The normalized spacial score (nSPS) is 11.6. The van der Waals surface area contributed by atoms with Gasteiger partial charge in [-0.1, -0.05) is 31.2 Å². The van der Waals surface area contributed by atoms with E-state index in [1.54, 1.807) is 26.2 Å². The summed E-state index contributed by atoms with van der Waals surface area (Å²) < 4.78 is 10.8. The summed E-state index contributed by atoms with van der Waals surface area (Å²) in [5.74, 6) is 1.12. The Hall–Kier alpha value is -2.49. The first-order valence-electron chi connectivity index (χ1n) is 7.33. The van der Waals surface area contributed by atoms with Crippen LogP contribution in [0.4, 0.5) is 5.69 Å². The summed E-state index contributed by atoms with van der Waals surface area (Å²) in [7, 11) is 1.59. The monoisotopic (exact) mass is 299 g/mol. The Morgan fingerprint density at radius 1 is 1.14 bits per heavy atom. The highest BCUT2D eigenvalue weighted by Gasteiger charge is 2.16. The fourth-order valence-electron chi connectivity index (χ4n) is 2.12. The van der Waals surface area contributed by atoms with Gasteiger partial charge in [0.15, 0.2) is 6.10 Å². The summed E-state index contributed by atoms with van der Waals surface area (Å²) in [5.41, 5.74) is 1.93. The predicted octanol–water partition coefficient (Wildman–Crippen LogP) is 3.66. The smallest absolute Gasteiger partial charge is 0.265 e. The number of methoxy groups -OCH3 is 1. The van der Waals surface area contributed by atoms with Gasteiger partial charge in [0.2, 0.25) is 0 Å². The molecule has 1 amide bonds. The molecule has 2 aromatic rings. The highest BCUT2D eigenvalue weighted by atomic mass is 16.5. The quantitative estimate of drug-likeness (QED) is 0.885. The number of aryl methyl sites for hydroxylation is 1. The van der Waals surface area contributed by atoms with Gasteiger partial charge in [0, 0.05) is 11.8 Å². The average Bonchev–Trinajstić information content (AvgIpc) is 2.55. The van der Waals surface area contributed by atoms with Gasteiger partial charge in [0.05, 0.1) is 7.11 Å². The first kappa shape index (κ1) is 15.9. The molecule has 0 saturated carbocycles. The van der Waals surface area contributed by atoms with Crippen molar-refractivity contribution in [3.05, 3.63) is 54.1 Å². The number of hydrogen-bond acceptors (Lipinski definition) is 3. The van der Waals surface area contributed by atoms with E-state index < -0.39 is 6.10 Å². The Labute approximate surface area is 131 Å². The number of amides is 1. The second-order valence-electron chi connectivity index (χ2n) is 4.94. The van der Waals surface area contributed by atoms with Crippen LogP contribution in [0.3, 0.4) is 0 Å². The zero-order valence-corrected chi connectivity index (χ0v) is 13.1. The maximum absolute atomic E-state index is 12.3. The molecule has 0 saturated heterocycles. The van der Waals surface area contributed by atoms with E-state index in [0.717, 1.165) is 17.7 Å². The molecule has 0 aliphatic heterocycles. The molecule has 2 rings (SSSR count). The maximum Gasteiger partial charge on any atom is 0.265 e. The van der Waals surface area contributed by atoms with Gasteiger partial charge in [-0.25, -0.2) is 0 Å². The van der Waals surface area contributed by atoms with Crippen molar-refractivity contribution in [1.82, 2.24) is 0 Å². The van der Waals surface area contributed by atoms with E-state index in [2.05, 4.69) is 12.2 Å². The average molecular weight is 299 g/mol. The molecule has 0 bridgehead atoms. The third kappa shape index (κ3) is 4.01. The molecule has 0 heterocycles. The minimum Gasteiger partial charge on any atom is -0.497 e. The first-order chi connectivity index (χ1) is 10.6. The number of anilines is 1. The van der Waals surface area contributed by atoms with Crippen LogP contribution in [0.1, 0.15) is 19.4 Å². The maximum atomic E-state index is 12.3. The van der Waals surface area contributed by atoms with Gasteiger partial charge in [-0.2, -0.15) is 0 Å². The number of nitrogens with one attached hydrogen (secondary N) is 1. The van der Waals surface area contributed by atoms with Crippen molar-refractivity contribution < 1.29 is 14.3 Å². The zero-order valence-electron chi connectivity index (χ0n) is 13.1. The Balaban J connectivity index is 2.02. The van der Waals surface area contributed by atoms with Crippen LogP contribution in [0.15, 0.2) is 48.5 Å². The predicted molar refractivity (Wildman–Crippen MR) is 87.5 cm³/mol. The molecular weight excluding hydrogens is 278 g/mol. The summed E-state index contributed by atoms with van der Waals surface area (Å²) in [4.78, 5) is 12.3.